The summed E-state index contributed by atoms with van der Waals surface area (Å²) in [4.78, 5) is 34.2. The summed E-state index contributed by atoms with van der Waals surface area (Å²) in [6.07, 6.45) is 1.53. The van der Waals surface area contributed by atoms with E-state index in [0.717, 1.165) is 6.42 Å². The molecule has 1 fully saturated rings. The number of carboxylic acids is 1. The van der Waals surface area contributed by atoms with E-state index < -0.39 is 24.0 Å². The largest absolute Gasteiger partial charge is 0.480 e. The van der Waals surface area contributed by atoms with Gasteiger partial charge in [0.25, 0.3) is 11.8 Å². The van der Waals surface area contributed by atoms with Gasteiger partial charge in [0.2, 0.25) is 0 Å². The van der Waals surface area contributed by atoms with Crippen LogP contribution in [0.2, 0.25) is 0 Å². The summed E-state index contributed by atoms with van der Waals surface area (Å²) in [6, 6.07) is 6.22. The van der Waals surface area contributed by atoms with Crippen molar-refractivity contribution in [2.24, 2.45) is 0 Å². The molecule has 7 heteroatoms. The molecule has 1 saturated heterocycles. The second-order valence-electron chi connectivity index (χ2n) is 5.29. The van der Waals surface area contributed by atoms with Crippen LogP contribution in [-0.2, 0) is 14.3 Å². The zero-order chi connectivity index (χ0) is 16.2. The van der Waals surface area contributed by atoms with Crippen molar-refractivity contribution >= 4 is 23.5 Å². The first kappa shape index (κ1) is 16.0. The van der Waals surface area contributed by atoms with Gasteiger partial charge in [-0.3, -0.25) is 14.4 Å². The maximum absolute atomic E-state index is 12.2. The third-order valence-corrected chi connectivity index (χ3v) is 3.50. The number of amides is 2. The third kappa shape index (κ3) is 3.82. The van der Waals surface area contributed by atoms with Gasteiger partial charge in [0.15, 0.2) is 0 Å². The van der Waals surface area contributed by atoms with Crippen LogP contribution in [0.3, 0.4) is 0 Å². The van der Waals surface area contributed by atoms with Crippen molar-refractivity contribution in [2.75, 3.05) is 18.5 Å². The van der Waals surface area contributed by atoms with Gasteiger partial charge in [0.1, 0.15) is 12.1 Å². The number of nitrogens with one attached hydrogen (secondary N) is 2. The predicted molar refractivity (Wildman–Crippen MR) is 78.6 cm³/mol. The lowest BCUT2D eigenvalue weighted by molar-refractivity contribution is -0.136. The van der Waals surface area contributed by atoms with E-state index in [0.29, 0.717) is 24.3 Å². The number of ether oxygens (including phenoxy) is 1. The fraction of sp³-hybridized carbons (Fsp3) is 0.400. The second kappa shape index (κ2) is 6.57. The molecule has 1 aromatic carbocycles. The zero-order valence-corrected chi connectivity index (χ0v) is 12.2. The zero-order valence-electron chi connectivity index (χ0n) is 12.2. The van der Waals surface area contributed by atoms with Gasteiger partial charge in [0.05, 0.1) is 0 Å². The Morgan fingerprint density at radius 1 is 1.27 bits per heavy atom. The normalized spacial score (nSPS) is 20.4. The van der Waals surface area contributed by atoms with Crippen LogP contribution in [-0.4, -0.2) is 41.6 Å². The Kier molecular flexibility index (Phi) is 4.77. The third-order valence-electron chi connectivity index (χ3n) is 3.50. The molecule has 0 spiro atoms. The van der Waals surface area contributed by atoms with E-state index >= 15 is 0 Å². The lowest BCUT2D eigenvalue weighted by Crippen LogP contribution is -2.39. The van der Waals surface area contributed by atoms with Crippen LogP contribution in [0.5, 0.6) is 0 Å². The van der Waals surface area contributed by atoms with Gasteiger partial charge in [-0.25, -0.2) is 0 Å². The summed E-state index contributed by atoms with van der Waals surface area (Å²) in [5.41, 5.74) is 0.0662. The molecular weight excluding hydrogens is 288 g/mol. The Morgan fingerprint density at radius 2 is 1.95 bits per heavy atom. The number of rotatable bonds is 5. The highest BCUT2D eigenvalue weighted by Crippen LogP contribution is 2.26. The first-order chi connectivity index (χ1) is 10.4. The highest BCUT2D eigenvalue weighted by Gasteiger charge is 2.37. The first-order valence-electron chi connectivity index (χ1n) is 6.96. The van der Waals surface area contributed by atoms with Crippen molar-refractivity contribution in [1.29, 1.82) is 0 Å². The minimum absolute atomic E-state index is 0.215. The molecule has 0 radical (unpaired) electrons. The van der Waals surface area contributed by atoms with Gasteiger partial charge < -0.3 is 20.5 Å². The number of carbonyl (C=O) groups is 3. The molecule has 1 atom stereocenters. The van der Waals surface area contributed by atoms with Crippen LogP contribution in [0.15, 0.2) is 24.3 Å². The minimum atomic E-state index is -1.11. The molecule has 0 bridgehead atoms. The van der Waals surface area contributed by atoms with Gasteiger partial charge in [-0.1, -0.05) is 0 Å². The number of carboxylic acid groups (broad SMARTS) is 1. The molecule has 1 aromatic rings. The van der Waals surface area contributed by atoms with Crippen molar-refractivity contribution in [2.45, 2.75) is 25.4 Å². The molecule has 7 nitrogen and oxygen atoms in total. The summed E-state index contributed by atoms with van der Waals surface area (Å²) in [7, 11) is 0. The quantitative estimate of drug-likeness (QED) is 0.753. The van der Waals surface area contributed by atoms with Crippen molar-refractivity contribution in [3.05, 3.63) is 29.8 Å². The van der Waals surface area contributed by atoms with Crippen molar-refractivity contribution in [3.63, 3.8) is 0 Å². The summed E-state index contributed by atoms with van der Waals surface area (Å²) in [5, 5.41) is 13.5. The molecule has 1 aliphatic rings. The fourth-order valence-electron chi connectivity index (χ4n) is 2.18. The van der Waals surface area contributed by atoms with Crippen molar-refractivity contribution in [1.82, 2.24) is 5.32 Å². The minimum Gasteiger partial charge on any atom is -0.480 e. The molecule has 1 heterocycles. The smallest absolute Gasteiger partial charge is 0.322 e. The molecule has 22 heavy (non-hydrogen) atoms. The Labute approximate surface area is 127 Å². The van der Waals surface area contributed by atoms with Gasteiger partial charge in [0, 0.05) is 17.9 Å². The first-order valence-corrected chi connectivity index (χ1v) is 6.96. The lowest BCUT2D eigenvalue weighted by atomic mass is 10.0. The SMILES string of the molecule is CC1(C(=O)Nc2ccc(C(=O)NCC(=O)O)cc2)CCCO1. The van der Waals surface area contributed by atoms with E-state index in [2.05, 4.69) is 10.6 Å². The molecule has 1 unspecified atom stereocenters. The number of benzene rings is 1. The van der Waals surface area contributed by atoms with Crippen LogP contribution in [0.25, 0.3) is 0 Å². The predicted octanol–water partition coefficient (Wildman–Crippen LogP) is 1.01. The highest BCUT2D eigenvalue weighted by molar-refractivity contribution is 5.99. The van der Waals surface area contributed by atoms with Crippen LogP contribution >= 0.6 is 0 Å². The summed E-state index contributed by atoms with van der Waals surface area (Å²) < 4.78 is 5.46. The van der Waals surface area contributed by atoms with Crippen LogP contribution in [0.4, 0.5) is 5.69 Å². The molecule has 0 aromatic heterocycles. The average Bonchev–Trinajstić information content (AvgIpc) is 2.93. The lowest BCUT2D eigenvalue weighted by Gasteiger charge is -2.21. The van der Waals surface area contributed by atoms with E-state index in [-0.39, 0.29) is 5.91 Å². The number of anilines is 1. The molecule has 0 saturated carbocycles. The Bertz CT molecular complexity index is 576. The molecule has 1 aliphatic heterocycles. The molecule has 3 N–H and O–H groups in total. The van der Waals surface area contributed by atoms with Crippen LogP contribution in [0, 0.1) is 0 Å². The maximum Gasteiger partial charge on any atom is 0.322 e. The van der Waals surface area contributed by atoms with Gasteiger partial charge >= 0.3 is 5.97 Å². The Hall–Kier alpha value is -2.41. The van der Waals surface area contributed by atoms with Gasteiger partial charge in [-0.15, -0.1) is 0 Å². The van der Waals surface area contributed by atoms with E-state index in [4.69, 9.17) is 9.84 Å². The topological polar surface area (TPSA) is 105 Å². The van der Waals surface area contributed by atoms with Crippen LogP contribution in [0.1, 0.15) is 30.1 Å². The summed E-state index contributed by atoms with van der Waals surface area (Å²) in [6.45, 7) is 1.89. The average molecular weight is 306 g/mol. The van der Waals surface area contributed by atoms with Crippen molar-refractivity contribution in [3.8, 4) is 0 Å². The van der Waals surface area contributed by atoms with Crippen molar-refractivity contribution < 1.29 is 24.2 Å². The molecule has 118 valence electrons. The van der Waals surface area contributed by atoms with Gasteiger partial charge in [-0.05, 0) is 44.0 Å². The second-order valence-corrected chi connectivity index (χ2v) is 5.29. The summed E-state index contributed by atoms with van der Waals surface area (Å²) >= 11 is 0. The molecule has 2 rings (SSSR count). The Balaban J connectivity index is 1.95. The number of hydrogen-bond donors (Lipinski definition) is 3. The van der Waals surface area contributed by atoms with E-state index in [1.54, 1.807) is 19.1 Å². The molecule has 0 aliphatic carbocycles. The molecular formula is C15H18N2O5. The summed E-state index contributed by atoms with van der Waals surface area (Å²) in [5.74, 6) is -1.80. The standard InChI is InChI=1S/C15H18N2O5/c1-15(7-2-8-22-15)14(21)17-11-5-3-10(4-6-11)13(20)16-9-12(18)19/h3-6H,2,7-9H2,1H3,(H,16,20)(H,17,21)(H,18,19). The maximum atomic E-state index is 12.2. The highest BCUT2D eigenvalue weighted by atomic mass is 16.5. The molecule has 2 amide bonds. The number of aliphatic carboxylic acids is 1. The van der Waals surface area contributed by atoms with Gasteiger partial charge in [-0.2, -0.15) is 0 Å². The van der Waals surface area contributed by atoms with E-state index in [9.17, 15) is 14.4 Å². The number of hydrogen-bond acceptors (Lipinski definition) is 4. The van der Waals surface area contributed by atoms with E-state index in [1.165, 1.54) is 12.1 Å². The fourth-order valence-corrected chi connectivity index (χ4v) is 2.18. The van der Waals surface area contributed by atoms with E-state index in [1.807, 2.05) is 0 Å². The van der Waals surface area contributed by atoms with Crippen LogP contribution < -0.4 is 10.6 Å². The number of carbonyl (C=O) groups excluding carboxylic acids is 2. The Morgan fingerprint density at radius 3 is 2.50 bits per heavy atom. The monoisotopic (exact) mass is 306 g/mol.